The zero-order valence-electron chi connectivity index (χ0n) is 14.5. The smallest absolute Gasteiger partial charge is 0.319 e. The number of carbonyl (C=O) groups excluding carboxylic acids is 2. The van der Waals surface area contributed by atoms with Crippen molar-refractivity contribution >= 4 is 11.9 Å². The van der Waals surface area contributed by atoms with Crippen molar-refractivity contribution in [2.75, 3.05) is 13.7 Å². The summed E-state index contributed by atoms with van der Waals surface area (Å²) in [5.41, 5.74) is -0.503. The van der Waals surface area contributed by atoms with E-state index < -0.39 is 17.3 Å². The molecule has 0 aromatic carbocycles. The Bertz CT molecular complexity index is 350. The van der Waals surface area contributed by atoms with E-state index in [4.69, 9.17) is 4.74 Å². The minimum absolute atomic E-state index is 0.0364. The summed E-state index contributed by atoms with van der Waals surface area (Å²) in [4.78, 5) is 26.5. The van der Waals surface area contributed by atoms with E-state index in [-0.39, 0.29) is 24.0 Å². The quantitative estimate of drug-likeness (QED) is 0.589. The first kappa shape index (κ1) is 18.9. The SMILES string of the molecule is CCOC(=O)C(C(=O)N(C)C(C)C(C)(C)C)C(C)(C)C. The Morgan fingerprint density at radius 2 is 1.50 bits per heavy atom. The molecule has 4 nitrogen and oxygen atoms in total. The van der Waals surface area contributed by atoms with E-state index in [9.17, 15) is 9.59 Å². The Labute approximate surface area is 123 Å². The van der Waals surface area contributed by atoms with Crippen LogP contribution in [0.4, 0.5) is 0 Å². The summed E-state index contributed by atoms with van der Waals surface area (Å²) in [6.45, 7) is 16.0. The first-order chi connectivity index (χ1) is 8.84. The van der Waals surface area contributed by atoms with Gasteiger partial charge in [-0.3, -0.25) is 9.59 Å². The largest absolute Gasteiger partial charge is 0.465 e. The van der Waals surface area contributed by atoms with Crippen molar-refractivity contribution in [2.24, 2.45) is 16.7 Å². The van der Waals surface area contributed by atoms with Crippen molar-refractivity contribution in [1.82, 2.24) is 4.90 Å². The van der Waals surface area contributed by atoms with Crippen LogP contribution in [-0.2, 0) is 14.3 Å². The highest BCUT2D eigenvalue weighted by atomic mass is 16.5. The summed E-state index contributed by atoms with van der Waals surface area (Å²) in [7, 11) is 1.76. The summed E-state index contributed by atoms with van der Waals surface area (Å²) >= 11 is 0. The Morgan fingerprint density at radius 1 is 1.05 bits per heavy atom. The van der Waals surface area contributed by atoms with Crippen LogP contribution in [-0.4, -0.2) is 36.5 Å². The van der Waals surface area contributed by atoms with E-state index in [2.05, 4.69) is 20.8 Å². The highest BCUT2D eigenvalue weighted by Gasteiger charge is 2.42. The van der Waals surface area contributed by atoms with E-state index >= 15 is 0 Å². The second-order valence-electron chi connectivity index (χ2n) is 7.54. The molecule has 0 aromatic rings. The van der Waals surface area contributed by atoms with E-state index in [1.165, 1.54) is 0 Å². The molecular formula is C16H31NO3. The van der Waals surface area contributed by atoms with Gasteiger partial charge in [0, 0.05) is 13.1 Å². The second-order valence-corrected chi connectivity index (χ2v) is 7.54. The molecule has 0 rings (SSSR count). The predicted octanol–water partition coefficient (Wildman–Crippen LogP) is 3.10. The summed E-state index contributed by atoms with van der Waals surface area (Å²) in [5.74, 6) is -1.37. The standard InChI is InChI=1S/C16H31NO3/c1-10-20-14(19)12(16(6,7)8)13(18)17(9)11(2)15(3,4)5/h11-12H,10H2,1-9H3. The number of carbonyl (C=O) groups is 2. The van der Waals surface area contributed by atoms with Gasteiger partial charge in [0.1, 0.15) is 5.92 Å². The highest BCUT2D eigenvalue weighted by molar-refractivity contribution is 5.98. The van der Waals surface area contributed by atoms with Crippen LogP contribution in [0, 0.1) is 16.7 Å². The zero-order chi connectivity index (χ0) is 16.3. The van der Waals surface area contributed by atoms with Crippen molar-refractivity contribution < 1.29 is 14.3 Å². The minimum atomic E-state index is -0.766. The number of hydrogen-bond donors (Lipinski definition) is 0. The van der Waals surface area contributed by atoms with Gasteiger partial charge in [-0.05, 0) is 24.7 Å². The maximum atomic E-state index is 12.7. The lowest BCUT2D eigenvalue weighted by Gasteiger charge is -2.39. The number of hydrogen-bond acceptors (Lipinski definition) is 3. The van der Waals surface area contributed by atoms with Gasteiger partial charge in [0.2, 0.25) is 5.91 Å². The lowest BCUT2D eigenvalue weighted by molar-refractivity contribution is -0.161. The third-order valence-corrected chi connectivity index (χ3v) is 3.82. The summed E-state index contributed by atoms with van der Waals surface area (Å²) in [6.07, 6.45) is 0. The molecule has 0 saturated heterocycles. The molecule has 0 heterocycles. The van der Waals surface area contributed by atoms with Crippen LogP contribution < -0.4 is 0 Å². The molecule has 118 valence electrons. The minimum Gasteiger partial charge on any atom is -0.465 e. The maximum absolute atomic E-state index is 12.7. The number of nitrogens with zero attached hydrogens (tertiary/aromatic N) is 1. The first-order valence-corrected chi connectivity index (χ1v) is 7.27. The Hall–Kier alpha value is -1.06. The number of rotatable bonds is 4. The fourth-order valence-electron chi connectivity index (χ4n) is 2.03. The van der Waals surface area contributed by atoms with E-state index in [1.54, 1.807) is 18.9 Å². The van der Waals surface area contributed by atoms with Gasteiger partial charge in [-0.15, -0.1) is 0 Å². The molecule has 2 atom stereocenters. The lowest BCUT2D eigenvalue weighted by atomic mass is 9.78. The summed E-state index contributed by atoms with van der Waals surface area (Å²) < 4.78 is 5.08. The van der Waals surface area contributed by atoms with Crippen molar-refractivity contribution in [3.05, 3.63) is 0 Å². The summed E-state index contributed by atoms with van der Waals surface area (Å²) in [6, 6.07) is 0.0364. The molecule has 0 aromatic heterocycles. The van der Waals surface area contributed by atoms with Gasteiger partial charge in [-0.1, -0.05) is 41.5 Å². The predicted molar refractivity (Wildman–Crippen MR) is 81.3 cm³/mol. The van der Waals surface area contributed by atoms with Crippen LogP contribution in [0.15, 0.2) is 0 Å². The van der Waals surface area contributed by atoms with Crippen molar-refractivity contribution in [3.8, 4) is 0 Å². The lowest BCUT2D eigenvalue weighted by Crippen LogP contribution is -2.50. The van der Waals surface area contributed by atoms with Crippen LogP contribution >= 0.6 is 0 Å². The molecule has 20 heavy (non-hydrogen) atoms. The molecule has 4 heteroatoms. The fraction of sp³-hybridized carbons (Fsp3) is 0.875. The van der Waals surface area contributed by atoms with Crippen LogP contribution in [0.3, 0.4) is 0 Å². The van der Waals surface area contributed by atoms with Crippen LogP contribution in [0.1, 0.15) is 55.4 Å². The van der Waals surface area contributed by atoms with E-state index in [1.807, 2.05) is 27.7 Å². The van der Waals surface area contributed by atoms with Gasteiger partial charge in [0.25, 0.3) is 0 Å². The van der Waals surface area contributed by atoms with Gasteiger partial charge in [-0.2, -0.15) is 0 Å². The topological polar surface area (TPSA) is 46.6 Å². The van der Waals surface area contributed by atoms with Crippen LogP contribution in [0.5, 0.6) is 0 Å². The molecule has 0 aliphatic carbocycles. The average Bonchev–Trinajstić information content (AvgIpc) is 2.24. The number of esters is 1. The fourth-order valence-corrected chi connectivity index (χ4v) is 2.03. The monoisotopic (exact) mass is 285 g/mol. The van der Waals surface area contributed by atoms with Gasteiger partial charge >= 0.3 is 5.97 Å². The summed E-state index contributed by atoms with van der Waals surface area (Å²) in [5, 5.41) is 0. The van der Waals surface area contributed by atoms with Crippen LogP contribution in [0.25, 0.3) is 0 Å². The van der Waals surface area contributed by atoms with Crippen LogP contribution in [0.2, 0.25) is 0 Å². The molecule has 0 spiro atoms. The van der Waals surface area contributed by atoms with Gasteiger partial charge in [0.05, 0.1) is 6.61 Å². The Morgan fingerprint density at radius 3 is 1.80 bits per heavy atom. The van der Waals surface area contributed by atoms with Crippen molar-refractivity contribution in [1.29, 1.82) is 0 Å². The van der Waals surface area contributed by atoms with Gasteiger partial charge in [-0.25, -0.2) is 0 Å². The molecule has 0 bridgehead atoms. The second kappa shape index (κ2) is 6.59. The molecule has 0 radical (unpaired) electrons. The number of ether oxygens (including phenoxy) is 1. The molecular weight excluding hydrogens is 254 g/mol. The average molecular weight is 285 g/mol. The molecule has 1 amide bonds. The zero-order valence-corrected chi connectivity index (χ0v) is 14.5. The third-order valence-electron chi connectivity index (χ3n) is 3.82. The Kier molecular flexibility index (Phi) is 6.25. The van der Waals surface area contributed by atoms with Crippen molar-refractivity contribution in [2.45, 2.75) is 61.4 Å². The van der Waals surface area contributed by atoms with Gasteiger partial charge in [0.15, 0.2) is 0 Å². The number of amides is 1. The molecule has 0 N–H and O–H groups in total. The van der Waals surface area contributed by atoms with E-state index in [0.29, 0.717) is 0 Å². The highest BCUT2D eigenvalue weighted by Crippen LogP contribution is 2.31. The molecule has 0 aliphatic rings. The molecule has 0 aliphatic heterocycles. The molecule has 0 fully saturated rings. The third kappa shape index (κ3) is 4.80. The molecule has 2 unspecified atom stereocenters. The maximum Gasteiger partial charge on any atom is 0.319 e. The normalized spacial score (nSPS) is 15.4. The van der Waals surface area contributed by atoms with Crippen molar-refractivity contribution in [3.63, 3.8) is 0 Å². The first-order valence-electron chi connectivity index (χ1n) is 7.27. The van der Waals surface area contributed by atoms with E-state index in [0.717, 1.165) is 0 Å². The molecule has 0 saturated carbocycles. The van der Waals surface area contributed by atoms with Gasteiger partial charge < -0.3 is 9.64 Å². The Balaban J connectivity index is 5.31.